The van der Waals surface area contributed by atoms with Crippen molar-refractivity contribution in [1.82, 2.24) is 10.2 Å². The molecule has 1 aromatic heterocycles. The average molecular weight is 355 g/mol. The Kier molecular flexibility index (Phi) is 5.05. The van der Waals surface area contributed by atoms with Gasteiger partial charge in [0.2, 0.25) is 0 Å². The third-order valence-corrected chi connectivity index (χ3v) is 4.15. The maximum Gasteiger partial charge on any atom is 0.276 e. The van der Waals surface area contributed by atoms with Gasteiger partial charge in [0.05, 0.1) is 10.7 Å². The zero-order chi connectivity index (χ0) is 17.8. The van der Waals surface area contributed by atoms with Crippen LogP contribution in [-0.4, -0.2) is 16.1 Å². The molecule has 3 aromatic rings. The third-order valence-electron chi connectivity index (χ3n) is 3.84. The monoisotopic (exact) mass is 354 g/mol. The number of hydrogen-bond donors (Lipinski definition) is 3. The molecule has 3 rings (SSSR count). The first-order valence-corrected chi connectivity index (χ1v) is 8.35. The van der Waals surface area contributed by atoms with Gasteiger partial charge in [-0.3, -0.25) is 9.89 Å². The normalized spacial score (nSPS) is 11.8. The zero-order valence-electron chi connectivity index (χ0n) is 14.0. The number of aryl methyl sites for hydroxylation is 1. The standard InChI is InChI=1S/C19H19ClN4O/c1-12-10-18(24-23-12)19(25)22-15-8-9-17(16(20)11-15)21-13(2)14-6-4-3-5-7-14/h3-11,13,21H,1-2H3,(H,22,25)(H,23,24). The van der Waals surface area contributed by atoms with Crippen LogP contribution in [0.15, 0.2) is 54.6 Å². The summed E-state index contributed by atoms with van der Waals surface area (Å²) in [6.07, 6.45) is 0. The number of anilines is 2. The Morgan fingerprint density at radius 1 is 1.16 bits per heavy atom. The molecule has 0 aliphatic heterocycles. The van der Waals surface area contributed by atoms with E-state index in [4.69, 9.17) is 11.6 Å². The summed E-state index contributed by atoms with van der Waals surface area (Å²) >= 11 is 6.36. The molecule has 1 heterocycles. The van der Waals surface area contributed by atoms with Crippen molar-refractivity contribution in [2.45, 2.75) is 19.9 Å². The molecule has 0 fully saturated rings. The van der Waals surface area contributed by atoms with Crippen LogP contribution < -0.4 is 10.6 Å². The average Bonchev–Trinajstić information content (AvgIpc) is 3.04. The lowest BCUT2D eigenvalue weighted by atomic mass is 10.1. The Hall–Kier alpha value is -2.79. The van der Waals surface area contributed by atoms with E-state index >= 15 is 0 Å². The molecule has 1 unspecified atom stereocenters. The van der Waals surface area contributed by atoms with Crippen LogP contribution in [0, 0.1) is 6.92 Å². The highest BCUT2D eigenvalue weighted by Gasteiger charge is 2.12. The first-order valence-electron chi connectivity index (χ1n) is 7.97. The van der Waals surface area contributed by atoms with Crippen LogP contribution in [0.5, 0.6) is 0 Å². The molecule has 5 nitrogen and oxygen atoms in total. The second kappa shape index (κ2) is 7.40. The van der Waals surface area contributed by atoms with Crippen LogP contribution in [-0.2, 0) is 0 Å². The van der Waals surface area contributed by atoms with Crippen molar-refractivity contribution in [2.24, 2.45) is 0 Å². The van der Waals surface area contributed by atoms with Crippen molar-refractivity contribution in [1.29, 1.82) is 0 Å². The summed E-state index contributed by atoms with van der Waals surface area (Å²) in [7, 11) is 0. The van der Waals surface area contributed by atoms with E-state index in [1.165, 1.54) is 5.56 Å². The Balaban J connectivity index is 1.69. The zero-order valence-corrected chi connectivity index (χ0v) is 14.8. The van der Waals surface area contributed by atoms with E-state index < -0.39 is 0 Å². The number of nitrogens with one attached hydrogen (secondary N) is 3. The lowest BCUT2D eigenvalue weighted by molar-refractivity contribution is 0.102. The maximum atomic E-state index is 12.1. The van der Waals surface area contributed by atoms with Gasteiger partial charge in [0.15, 0.2) is 5.69 Å². The molecule has 0 radical (unpaired) electrons. The number of carbonyl (C=O) groups excluding carboxylic acids is 1. The smallest absolute Gasteiger partial charge is 0.276 e. The second-order valence-corrected chi connectivity index (χ2v) is 6.27. The molecular formula is C19H19ClN4O. The van der Waals surface area contributed by atoms with Gasteiger partial charge in [-0.15, -0.1) is 0 Å². The van der Waals surface area contributed by atoms with Gasteiger partial charge in [0.1, 0.15) is 0 Å². The van der Waals surface area contributed by atoms with E-state index in [0.29, 0.717) is 16.4 Å². The maximum absolute atomic E-state index is 12.1. The topological polar surface area (TPSA) is 69.8 Å². The first kappa shape index (κ1) is 17.0. The molecule has 1 amide bonds. The summed E-state index contributed by atoms with van der Waals surface area (Å²) in [5.74, 6) is -0.279. The Bertz CT molecular complexity index is 876. The SMILES string of the molecule is Cc1cc(C(=O)Nc2ccc(NC(C)c3ccccc3)c(Cl)c2)n[nH]1. The van der Waals surface area contributed by atoms with Gasteiger partial charge in [0.25, 0.3) is 5.91 Å². The van der Waals surface area contributed by atoms with Crippen LogP contribution in [0.1, 0.15) is 34.7 Å². The summed E-state index contributed by atoms with van der Waals surface area (Å²) in [6, 6.07) is 17.3. The largest absolute Gasteiger partial charge is 0.377 e. The van der Waals surface area contributed by atoms with Gasteiger partial charge in [-0.1, -0.05) is 41.9 Å². The molecule has 128 valence electrons. The van der Waals surface area contributed by atoms with Crippen molar-refractivity contribution in [3.8, 4) is 0 Å². The minimum atomic E-state index is -0.279. The fourth-order valence-corrected chi connectivity index (χ4v) is 2.73. The van der Waals surface area contributed by atoms with Gasteiger partial charge >= 0.3 is 0 Å². The number of nitrogens with zero attached hydrogens (tertiary/aromatic N) is 1. The molecule has 6 heteroatoms. The van der Waals surface area contributed by atoms with Gasteiger partial charge in [-0.25, -0.2) is 0 Å². The molecular weight excluding hydrogens is 336 g/mol. The van der Waals surface area contributed by atoms with Crippen molar-refractivity contribution in [2.75, 3.05) is 10.6 Å². The number of carbonyl (C=O) groups is 1. The molecule has 0 saturated heterocycles. The third kappa shape index (κ3) is 4.19. The second-order valence-electron chi connectivity index (χ2n) is 5.86. The lowest BCUT2D eigenvalue weighted by Crippen LogP contribution is -2.12. The molecule has 0 spiro atoms. The number of halogens is 1. The Labute approximate surface area is 151 Å². The molecule has 25 heavy (non-hydrogen) atoms. The van der Waals surface area contributed by atoms with Crippen molar-refractivity contribution in [3.05, 3.63) is 76.6 Å². The van der Waals surface area contributed by atoms with Crippen molar-refractivity contribution in [3.63, 3.8) is 0 Å². The van der Waals surface area contributed by atoms with E-state index in [-0.39, 0.29) is 11.9 Å². The molecule has 0 saturated carbocycles. The van der Waals surface area contributed by atoms with Crippen LogP contribution in [0.25, 0.3) is 0 Å². The first-order chi connectivity index (χ1) is 12.0. The number of amides is 1. The molecule has 0 aliphatic rings. The van der Waals surface area contributed by atoms with E-state index in [0.717, 1.165) is 11.4 Å². The van der Waals surface area contributed by atoms with E-state index in [1.807, 2.05) is 37.3 Å². The summed E-state index contributed by atoms with van der Waals surface area (Å²) < 4.78 is 0. The fourth-order valence-electron chi connectivity index (χ4n) is 2.50. The minimum Gasteiger partial charge on any atom is -0.377 e. The summed E-state index contributed by atoms with van der Waals surface area (Å²) in [5.41, 5.74) is 3.77. The molecule has 0 aliphatic carbocycles. The number of rotatable bonds is 5. The van der Waals surface area contributed by atoms with Crippen molar-refractivity contribution < 1.29 is 4.79 Å². The van der Waals surface area contributed by atoms with Crippen LogP contribution in [0.4, 0.5) is 11.4 Å². The molecule has 0 bridgehead atoms. The van der Waals surface area contributed by atoms with E-state index in [9.17, 15) is 4.79 Å². The van der Waals surface area contributed by atoms with Crippen LogP contribution >= 0.6 is 11.6 Å². The Morgan fingerprint density at radius 2 is 1.92 bits per heavy atom. The summed E-state index contributed by atoms with van der Waals surface area (Å²) in [4.78, 5) is 12.1. The van der Waals surface area contributed by atoms with Crippen molar-refractivity contribution >= 4 is 28.9 Å². The van der Waals surface area contributed by atoms with Gasteiger partial charge in [-0.05, 0) is 43.7 Å². The highest BCUT2D eigenvalue weighted by Crippen LogP contribution is 2.29. The molecule has 2 aromatic carbocycles. The highest BCUT2D eigenvalue weighted by molar-refractivity contribution is 6.33. The molecule has 3 N–H and O–H groups in total. The number of benzene rings is 2. The number of aromatic amines is 1. The number of H-pyrrole nitrogens is 1. The van der Waals surface area contributed by atoms with Crippen LogP contribution in [0.3, 0.4) is 0 Å². The van der Waals surface area contributed by atoms with Gasteiger partial charge in [-0.2, -0.15) is 5.10 Å². The van der Waals surface area contributed by atoms with E-state index in [2.05, 4.69) is 39.9 Å². The summed E-state index contributed by atoms with van der Waals surface area (Å²) in [6.45, 7) is 3.91. The fraction of sp³-hybridized carbons (Fsp3) is 0.158. The van der Waals surface area contributed by atoms with Gasteiger partial charge < -0.3 is 10.6 Å². The number of hydrogen-bond acceptors (Lipinski definition) is 3. The Morgan fingerprint density at radius 3 is 2.56 bits per heavy atom. The lowest BCUT2D eigenvalue weighted by Gasteiger charge is -2.17. The number of aromatic nitrogens is 2. The highest BCUT2D eigenvalue weighted by atomic mass is 35.5. The van der Waals surface area contributed by atoms with Gasteiger partial charge in [0, 0.05) is 17.4 Å². The predicted molar refractivity (Wildman–Crippen MR) is 101 cm³/mol. The van der Waals surface area contributed by atoms with E-state index in [1.54, 1.807) is 12.1 Å². The minimum absolute atomic E-state index is 0.117. The predicted octanol–water partition coefficient (Wildman–Crippen LogP) is 4.80. The summed E-state index contributed by atoms with van der Waals surface area (Å²) in [5, 5.41) is 13.4. The quantitative estimate of drug-likeness (QED) is 0.616. The molecule has 1 atom stereocenters. The van der Waals surface area contributed by atoms with Crippen LogP contribution in [0.2, 0.25) is 5.02 Å².